The van der Waals surface area contributed by atoms with Crippen molar-refractivity contribution in [2.45, 2.75) is 13.1 Å². The van der Waals surface area contributed by atoms with Crippen molar-refractivity contribution < 1.29 is 13.9 Å². The van der Waals surface area contributed by atoms with Crippen LogP contribution in [0.2, 0.25) is 0 Å². The van der Waals surface area contributed by atoms with E-state index in [0.717, 1.165) is 23.0 Å². The molecule has 0 saturated heterocycles. The largest absolute Gasteiger partial charge is 0.493 e. The number of nitrogens with one attached hydrogen (secondary N) is 2. The highest BCUT2D eigenvalue weighted by Gasteiger charge is 2.05. The van der Waals surface area contributed by atoms with Gasteiger partial charge < -0.3 is 24.5 Å². The summed E-state index contributed by atoms with van der Waals surface area (Å²) in [5.74, 6) is 3.70. The molecule has 0 radical (unpaired) electrons. The van der Waals surface area contributed by atoms with Crippen molar-refractivity contribution in [1.82, 2.24) is 9.97 Å². The third kappa shape index (κ3) is 4.41. The minimum absolute atomic E-state index is 0.569. The molecule has 0 bridgehead atoms. The Morgan fingerprint density at radius 1 is 0.920 bits per heavy atom. The summed E-state index contributed by atoms with van der Waals surface area (Å²) >= 11 is 0. The first kappa shape index (κ1) is 16.6. The third-order valence-corrected chi connectivity index (χ3v) is 3.61. The highest BCUT2D eigenvalue weighted by atomic mass is 16.5. The van der Waals surface area contributed by atoms with E-state index < -0.39 is 0 Å². The molecule has 0 aliphatic heterocycles. The maximum atomic E-state index is 5.32. The summed E-state index contributed by atoms with van der Waals surface area (Å²) < 4.78 is 15.9. The van der Waals surface area contributed by atoms with E-state index in [0.29, 0.717) is 24.6 Å². The van der Waals surface area contributed by atoms with Gasteiger partial charge in [0.05, 0.1) is 27.0 Å². The number of methoxy groups -OCH3 is 2. The van der Waals surface area contributed by atoms with E-state index >= 15 is 0 Å². The minimum atomic E-state index is 0.569. The molecule has 0 amide bonds. The van der Waals surface area contributed by atoms with Crippen LogP contribution in [-0.4, -0.2) is 24.2 Å². The SMILES string of the molecule is COc1ccc(CNc2cc(NCc3ccco3)ncn2)cc1OC. The van der Waals surface area contributed by atoms with Gasteiger partial charge in [-0.1, -0.05) is 6.07 Å². The molecule has 2 heterocycles. The number of ether oxygens (including phenoxy) is 2. The summed E-state index contributed by atoms with van der Waals surface area (Å²) in [6.45, 7) is 1.17. The first-order valence-corrected chi connectivity index (χ1v) is 7.81. The monoisotopic (exact) mass is 340 g/mol. The number of anilines is 2. The predicted octanol–water partition coefficient (Wildman–Crippen LogP) is 3.31. The van der Waals surface area contributed by atoms with Gasteiger partial charge in [-0.15, -0.1) is 0 Å². The highest BCUT2D eigenvalue weighted by molar-refractivity contribution is 5.48. The second-order valence-corrected chi connectivity index (χ2v) is 5.26. The van der Waals surface area contributed by atoms with Crippen molar-refractivity contribution in [3.05, 3.63) is 60.3 Å². The Bertz CT molecular complexity index is 806. The summed E-state index contributed by atoms with van der Waals surface area (Å²) in [6.07, 6.45) is 3.16. The van der Waals surface area contributed by atoms with Gasteiger partial charge in [0.15, 0.2) is 11.5 Å². The highest BCUT2D eigenvalue weighted by Crippen LogP contribution is 2.27. The van der Waals surface area contributed by atoms with E-state index in [1.165, 1.54) is 6.33 Å². The van der Waals surface area contributed by atoms with Crippen LogP contribution in [0.15, 0.2) is 53.4 Å². The average Bonchev–Trinajstić information content (AvgIpc) is 3.18. The summed E-state index contributed by atoms with van der Waals surface area (Å²) in [4.78, 5) is 8.44. The van der Waals surface area contributed by atoms with Gasteiger partial charge in [-0.3, -0.25) is 0 Å². The summed E-state index contributed by atoms with van der Waals surface area (Å²) in [5.41, 5.74) is 1.06. The van der Waals surface area contributed by atoms with E-state index in [-0.39, 0.29) is 0 Å². The van der Waals surface area contributed by atoms with Crippen molar-refractivity contribution in [2.75, 3.05) is 24.9 Å². The lowest BCUT2D eigenvalue weighted by Crippen LogP contribution is -2.05. The van der Waals surface area contributed by atoms with Crippen molar-refractivity contribution >= 4 is 11.6 Å². The Labute approximate surface area is 146 Å². The van der Waals surface area contributed by atoms with Gasteiger partial charge >= 0.3 is 0 Å². The van der Waals surface area contributed by atoms with Crippen LogP contribution in [0.25, 0.3) is 0 Å². The number of nitrogens with zero attached hydrogens (tertiary/aromatic N) is 2. The maximum Gasteiger partial charge on any atom is 0.161 e. The maximum absolute atomic E-state index is 5.32. The van der Waals surface area contributed by atoms with Crippen molar-refractivity contribution in [2.24, 2.45) is 0 Å². The van der Waals surface area contributed by atoms with Gasteiger partial charge in [-0.05, 0) is 29.8 Å². The van der Waals surface area contributed by atoms with Gasteiger partial charge in [-0.2, -0.15) is 0 Å². The fourth-order valence-corrected chi connectivity index (χ4v) is 2.32. The molecule has 0 aliphatic carbocycles. The molecule has 7 nitrogen and oxygen atoms in total. The van der Waals surface area contributed by atoms with Crippen molar-refractivity contribution in [3.8, 4) is 11.5 Å². The molecule has 0 fully saturated rings. The van der Waals surface area contributed by atoms with Gasteiger partial charge in [-0.25, -0.2) is 9.97 Å². The van der Waals surface area contributed by atoms with Gasteiger partial charge in [0, 0.05) is 12.6 Å². The molecular weight excluding hydrogens is 320 g/mol. The van der Waals surface area contributed by atoms with Crippen LogP contribution in [0.5, 0.6) is 11.5 Å². The van der Waals surface area contributed by atoms with Crippen molar-refractivity contribution in [1.29, 1.82) is 0 Å². The van der Waals surface area contributed by atoms with Crippen LogP contribution in [0.3, 0.4) is 0 Å². The zero-order valence-corrected chi connectivity index (χ0v) is 14.2. The van der Waals surface area contributed by atoms with Crippen LogP contribution in [0, 0.1) is 0 Å². The molecule has 0 spiro atoms. The summed E-state index contributed by atoms with van der Waals surface area (Å²) in [6, 6.07) is 11.4. The molecule has 25 heavy (non-hydrogen) atoms. The third-order valence-electron chi connectivity index (χ3n) is 3.61. The summed E-state index contributed by atoms with van der Waals surface area (Å²) in [7, 11) is 3.24. The molecule has 2 N–H and O–H groups in total. The number of rotatable bonds is 8. The Hall–Kier alpha value is -3.22. The van der Waals surface area contributed by atoms with Crippen LogP contribution < -0.4 is 20.1 Å². The predicted molar refractivity (Wildman–Crippen MR) is 94.9 cm³/mol. The Balaban J connectivity index is 1.60. The minimum Gasteiger partial charge on any atom is -0.493 e. The fourth-order valence-electron chi connectivity index (χ4n) is 2.32. The van der Waals surface area contributed by atoms with Crippen LogP contribution in [0.1, 0.15) is 11.3 Å². The Kier molecular flexibility index (Phi) is 5.36. The summed E-state index contributed by atoms with van der Waals surface area (Å²) in [5, 5.41) is 6.47. The number of hydrogen-bond donors (Lipinski definition) is 2. The molecule has 0 aliphatic rings. The van der Waals surface area contributed by atoms with Crippen molar-refractivity contribution in [3.63, 3.8) is 0 Å². The molecule has 130 valence electrons. The molecule has 7 heteroatoms. The van der Waals surface area contributed by atoms with Gasteiger partial charge in [0.1, 0.15) is 23.7 Å². The lowest BCUT2D eigenvalue weighted by atomic mass is 10.2. The van der Waals surface area contributed by atoms with E-state index in [1.807, 2.05) is 36.4 Å². The standard InChI is InChI=1S/C18H20N4O3/c1-23-15-6-5-13(8-16(15)24-2)10-19-17-9-18(22-12-21-17)20-11-14-4-3-7-25-14/h3-9,12H,10-11H2,1-2H3,(H2,19,20,21,22). The van der Waals surface area contributed by atoms with Gasteiger partial charge in [0.2, 0.25) is 0 Å². The first-order chi connectivity index (χ1) is 12.3. The normalized spacial score (nSPS) is 10.3. The molecule has 3 rings (SSSR count). The number of aromatic nitrogens is 2. The van der Waals surface area contributed by atoms with E-state index in [1.54, 1.807) is 20.5 Å². The second kappa shape index (κ2) is 8.05. The zero-order valence-electron chi connectivity index (χ0n) is 14.2. The molecule has 0 unspecified atom stereocenters. The van der Waals surface area contributed by atoms with Crippen LogP contribution in [-0.2, 0) is 13.1 Å². The molecule has 2 aromatic heterocycles. The quantitative estimate of drug-likeness (QED) is 0.651. The fraction of sp³-hybridized carbons (Fsp3) is 0.222. The molecule has 3 aromatic rings. The zero-order chi connectivity index (χ0) is 17.5. The number of hydrogen-bond acceptors (Lipinski definition) is 7. The first-order valence-electron chi connectivity index (χ1n) is 7.81. The Morgan fingerprint density at radius 3 is 2.36 bits per heavy atom. The van der Waals surface area contributed by atoms with Crippen LogP contribution in [0.4, 0.5) is 11.6 Å². The number of benzene rings is 1. The lowest BCUT2D eigenvalue weighted by Gasteiger charge is -2.11. The number of furan rings is 1. The topological polar surface area (TPSA) is 81.4 Å². The molecular formula is C18H20N4O3. The molecule has 1 aromatic carbocycles. The smallest absolute Gasteiger partial charge is 0.161 e. The van der Waals surface area contributed by atoms with E-state index in [2.05, 4.69) is 20.6 Å². The Morgan fingerprint density at radius 2 is 1.68 bits per heavy atom. The second-order valence-electron chi connectivity index (χ2n) is 5.26. The van der Waals surface area contributed by atoms with Crippen LogP contribution >= 0.6 is 0 Å². The average molecular weight is 340 g/mol. The van der Waals surface area contributed by atoms with Gasteiger partial charge in [0.25, 0.3) is 0 Å². The lowest BCUT2D eigenvalue weighted by molar-refractivity contribution is 0.354. The van der Waals surface area contributed by atoms with E-state index in [9.17, 15) is 0 Å². The van der Waals surface area contributed by atoms with E-state index in [4.69, 9.17) is 13.9 Å². The molecule has 0 saturated carbocycles. The molecule has 0 atom stereocenters.